The molecule has 0 amide bonds. The number of rotatable bonds is 7. The van der Waals surface area contributed by atoms with Gasteiger partial charge in [0, 0.05) is 20.2 Å². The summed E-state index contributed by atoms with van der Waals surface area (Å²) in [7, 11) is 1.72. The number of methoxy groups -OCH3 is 1. The first kappa shape index (κ1) is 14.9. The van der Waals surface area contributed by atoms with Crippen LogP contribution in [0.3, 0.4) is 0 Å². The Labute approximate surface area is 121 Å². The number of nitrogens with zero attached hydrogens (tertiary/aromatic N) is 1. The largest absolute Gasteiger partial charge is 0.380 e. The second-order valence-electron chi connectivity index (χ2n) is 5.22. The van der Waals surface area contributed by atoms with E-state index in [4.69, 9.17) is 4.74 Å². The van der Waals surface area contributed by atoms with Crippen LogP contribution in [0.25, 0.3) is 0 Å². The second kappa shape index (κ2) is 7.90. The topological polar surface area (TPSA) is 45.7 Å². The Balaban J connectivity index is 1.95. The molecular weight excluding hydrogens is 250 g/mol. The molecule has 1 aromatic rings. The monoisotopic (exact) mass is 275 g/mol. The van der Waals surface area contributed by atoms with Gasteiger partial charge in [-0.1, -0.05) is 24.3 Å². The maximum Gasteiger partial charge on any atom is 0.191 e. The van der Waals surface area contributed by atoms with Gasteiger partial charge in [0.2, 0.25) is 0 Å². The molecule has 1 saturated carbocycles. The summed E-state index contributed by atoms with van der Waals surface area (Å²) in [5, 5.41) is 6.71. The molecule has 0 unspecified atom stereocenters. The van der Waals surface area contributed by atoms with Crippen molar-refractivity contribution in [3.8, 4) is 0 Å². The Hall–Kier alpha value is -1.55. The minimum absolute atomic E-state index is 0.637. The van der Waals surface area contributed by atoms with Crippen molar-refractivity contribution in [3.63, 3.8) is 0 Å². The maximum absolute atomic E-state index is 5.23. The summed E-state index contributed by atoms with van der Waals surface area (Å²) in [4.78, 5) is 4.67. The highest BCUT2D eigenvalue weighted by Crippen LogP contribution is 2.27. The SMILES string of the molecule is CCNC(=NCc1ccccc1COC)NCC1CC1. The number of benzene rings is 1. The first-order valence-electron chi connectivity index (χ1n) is 7.41. The first-order valence-corrected chi connectivity index (χ1v) is 7.41. The van der Waals surface area contributed by atoms with Crippen LogP contribution in [0, 0.1) is 5.92 Å². The Bertz CT molecular complexity index is 441. The van der Waals surface area contributed by atoms with E-state index < -0.39 is 0 Å². The number of guanidine groups is 1. The first-order chi connectivity index (χ1) is 9.83. The highest BCUT2D eigenvalue weighted by atomic mass is 16.5. The van der Waals surface area contributed by atoms with Crippen LogP contribution in [0.4, 0.5) is 0 Å². The van der Waals surface area contributed by atoms with Gasteiger partial charge >= 0.3 is 0 Å². The van der Waals surface area contributed by atoms with Crippen molar-refractivity contribution in [3.05, 3.63) is 35.4 Å². The smallest absolute Gasteiger partial charge is 0.191 e. The minimum Gasteiger partial charge on any atom is -0.380 e. The van der Waals surface area contributed by atoms with Crippen molar-refractivity contribution in [1.29, 1.82) is 0 Å². The van der Waals surface area contributed by atoms with Crippen LogP contribution in [-0.4, -0.2) is 26.2 Å². The van der Waals surface area contributed by atoms with Crippen LogP contribution < -0.4 is 10.6 Å². The molecule has 4 nitrogen and oxygen atoms in total. The highest BCUT2D eigenvalue weighted by Gasteiger charge is 2.21. The van der Waals surface area contributed by atoms with Crippen molar-refractivity contribution in [2.75, 3.05) is 20.2 Å². The van der Waals surface area contributed by atoms with E-state index in [9.17, 15) is 0 Å². The quantitative estimate of drug-likeness (QED) is 0.593. The van der Waals surface area contributed by atoms with Crippen LogP contribution >= 0.6 is 0 Å². The Morgan fingerprint density at radius 1 is 1.25 bits per heavy atom. The average molecular weight is 275 g/mol. The fourth-order valence-electron chi connectivity index (χ4n) is 2.08. The van der Waals surface area contributed by atoms with Gasteiger partial charge in [0.05, 0.1) is 13.2 Å². The average Bonchev–Trinajstić information content (AvgIpc) is 3.28. The molecule has 0 aromatic heterocycles. The van der Waals surface area contributed by atoms with E-state index in [0.29, 0.717) is 13.2 Å². The third kappa shape index (κ3) is 4.85. The molecule has 0 atom stereocenters. The summed E-state index contributed by atoms with van der Waals surface area (Å²) in [6.07, 6.45) is 2.70. The van der Waals surface area contributed by atoms with Crippen molar-refractivity contribution in [2.24, 2.45) is 10.9 Å². The van der Waals surface area contributed by atoms with Crippen LogP contribution in [0.2, 0.25) is 0 Å². The van der Waals surface area contributed by atoms with E-state index >= 15 is 0 Å². The van der Waals surface area contributed by atoms with Crippen LogP contribution in [0.15, 0.2) is 29.3 Å². The van der Waals surface area contributed by atoms with Gasteiger partial charge < -0.3 is 15.4 Å². The standard InChI is InChI=1S/C16H25N3O/c1-3-17-16(18-10-13-8-9-13)19-11-14-6-4-5-7-15(14)12-20-2/h4-7,13H,3,8-12H2,1-2H3,(H2,17,18,19). The highest BCUT2D eigenvalue weighted by molar-refractivity contribution is 5.79. The maximum atomic E-state index is 5.23. The molecule has 0 heterocycles. The van der Waals surface area contributed by atoms with Crippen molar-refractivity contribution < 1.29 is 4.74 Å². The van der Waals surface area contributed by atoms with Crippen molar-refractivity contribution in [1.82, 2.24) is 10.6 Å². The molecule has 0 saturated heterocycles. The number of aliphatic imine (C=N–C) groups is 1. The molecule has 1 aliphatic rings. The van der Waals surface area contributed by atoms with Gasteiger partial charge in [0.1, 0.15) is 0 Å². The van der Waals surface area contributed by atoms with E-state index in [-0.39, 0.29) is 0 Å². The third-order valence-corrected chi connectivity index (χ3v) is 3.43. The number of hydrogen-bond donors (Lipinski definition) is 2. The summed E-state index contributed by atoms with van der Waals surface area (Å²) in [5.74, 6) is 1.76. The third-order valence-electron chi connectivity index (χ3n) is 3.43. The molecular formula is C16H25N3O. The fourth-order valence-corrected chi connectivity index (χ4v) is 2.08. The zero-order chi connectivity index (χ0) is 14.2. The van der Waals surface area contributed by atoms with Crippen LogP contribution in [0.5, 0.6) is 0 Å². The van der Waals surface area contributed by atoms with Gasteiger partial charge in [0.15, 0.2) is 5.96 Å². The Kier molecular flexibility index (Phi) is 5.87. The lowest BCUT2D eigenvalue weighted by atomic mass is 10.1. The van der Waals surface area contributed by atoms with E-state index in [0.717, 1.165) is 25.0 Å². The zero-order valence-electron chi connectivity index (χ0n) is 12.5. The molecule has 0 aliphatic heterocycles. The van der Waals surface area contributed by atoms with Gasteiger partial charge in [-0.15, -0.1) is 0 Å². The van der Waals surface area contributed by atoms with Gasteiger partial charge in [-0.05, 0) is 36.8 Å². The number of hydrogen-bond acceptors (Lipinski definition) is 2. The lowest BCUT2D eigenvalue weighted by Crippen LogP contribution is -2.38. The van der Waals surface area contributed by atoms with Gasteiger partial charge in [-0.3, -0.25) is 0 Å². The van der Waals surface area contributed by atoms with Crippen LogP contribution in [0.1, 0.15) is 30.9 Å². The Morgan fingerprint density at radius 2 is 2.00 bits per heavy atom. The van der Waals surface area contributed by atoms with Crippen molar-refractivity contribution in [2.45, 2.75) is 32.9 Å². The minimum atomic E-state index is 0.637. The fraction of sp³-hybridized carbons (Fsp3) is 0.562. The zero-order valence-corrected chi connectivity index (χ0v) is 12.5. The number of ether oxygens (including phenoxy) is 1. The molecule has 1 aliphatic carbocycles. The molecule has 2 N–H and O–H groups in total. The molecule has 2 rings (SSSR count). The van der Waals surface area contributed by atoms with E-state index in [2.05, 4.69) is 40.7 Å². The predicted octanol–water partition coefficient (Wildman–Crippen LogP) is 2.30. The molecule has 0 bridgehead atoms. The summed E-state index contributed by atoms with van der Waals surface area (Å²) in [5.41, 5.74) is 2.43. The van der Waals surface area contributed by atoms with Gasteiger partial charge in [-0.2, -0.15) is 0 Å². The summed E-state index contributed by atoms with van der Waals surface area (Å²) >= 11 is 0. The lowest BCUT2D eigenvalue weighted by molar-refractivity contribution is 0.184. The molecule has 20 heavy (non-hydrogen) atoms. The van der Waals surface area contributed by atoms with Crippen molar-refractivity contribution >= 4 is 5.96 Å². The van der Waals surface area contributed by atoms with E-state index in [1.165, 1.54) is 24.0 Å². The van der Waals surface area contributed by atoms with E-state index in [1.807, 2.05) is 6.07 Å². The molecule has 0 radical (unpaired) electrons. The van der Waals surface area contributed by atoms with E-state index in [1.54, 1.807) is 7.11 Å². The lowest BCUT2D eigenvalue weighted by Gasteiger charge is -2.12. The summed E-state index contributed by atoms with van der Waals surface area (Å²) in [6.45, 7) is 5.33. The summed E-state index contributed by atoms with van der Waals surface area (Å²) in [6, 6.07) is 8.30. The second-order valence-corrected chi connectivity index (χ2v) is 5.22. The summed E-state index contributed by atoms with van der Waals surface area (Å²) < 4.78 is 5.23. The normalized spacial score (nSPS) is 15.2. The van der Waals surface area contributed by atoms with Crippen LogP contribution in [-0.2, 0) is 17.9 Å². The Morgan fingerprint density at radius 3 is 2.65 bits per heavy atom. The molecule has 1 aromatic carbocycles. The number of nitrogens with one attached hydrogen (secondary N) is 2. The molecule has 1 fully saturated rings. The predicted molar refractivity (Wildman–Crippen MR) is 82.7 cm³/mol. The molecule has 0 spiro atoms. The molecule has 4 heteroatoms. The van der Waals surface area contributed by atoms with Gasteiger partial charge in [0.25, 0.3) is 0 Å². The molecule has 110 valence electrons. The van der Waals surface area contributed by atoms with Gasteiger partial charge in [-0.25, -0.2) is 4.99 Å².